The third-order valence-electron chi connectivity index (χ3n) is 3.67. The standard InChI is InChI=1S/C16H28N4O3/c1-16(2,3)23-15(21)19-14-12(11-18-20(14)4)10-17-13-6-5-8-22-9-7-13/h11,13,17H,5-10H2,1-4H3,(H,19,21). The molecule has 2 N–H and O–H groups in total. The lowest BCUT2D eigenvalue weighted by atomic mass is 10.1. The van der Waals surface area contributed by atoms with E-state index in [9.17, 15) is 4.79 Å². The molecule has 1 atom stereocenters. The van der Waals surface area contributed by atoms with E-state index in [2.05, 4.69) is 15.7 Å². The maximum absolute atomic E-state index is 12.0. The van der Waals surface area contributed by atoms with E-state index >= 15 is 0 Å². The molecule has 23 heavy (non-hydrogen) atoms. The van der Waals surface area contributed by atoms with Gasteiger partial charge in [-0.25, -0.2) is 4.79 Å². The van der Waals surface area contributed by atoms with Gasteiger partial charge in [-0.15, -0.1) is 0 Å². The van der Waals surface area contributed by atoms with Gasteiger partial charge in [0.15, 0.2) is 0 Å². The second-order valence-corrected chi connectivity index (χ2v) is 6.89. The van der Waals surface area contributed by atoms with Crippen LogP contribution in [0, 0.1) is 0 Å². The summed E-state index contributed by atoms with van der Waals surface area (Å²) in [6.07, 6.45) is 4.50. The molecule has 7 heteroatoms. The van der Waals surface area contributed by atoms with E-state index in [0.29, 0.717) is 18.4 Å². The first kappa shape index (κ1) is 17.7. The molecule has 2 heterocycles. The highest BCUT2D eigenvalue weighted by atomic mass is 16.6. The molecule has 0 aromatic carbocycles. The van der Waals surface area contributed by atoms with E-state index in [1.807, 2.05) is 20.8 Å². The zero-order valence-electron chi connectivity index (χ0n) is 14.5. The fourth-order valence-corrected chi connectivity index (χ4v) is 2.54. The molecule has 130 valence electrons. The van der Waals surface area contributed by atoms with Gasteiger partial charge in [-0.2, -0.15) is 5.10 Å². The van der Waals surface area contributed by atoms with Gasteiger partial charge < -0.3 is 14.8 Å². The fourth-order valence-electron chi connectivity index (χ4n) is 2.54. The van der Waals surface area contributed by atoms with Crippen LogP contribution < -0.4 is 10.6 Å². The summed E-state index contributed by atoms with van der Waals surface area (Å²) >= 11 is 0. The van der Waals surface area contributed by atoms with Gasteiger partial charge in [0.25, 0.3) is 0 Å². The van der Waals surface area contributed by atoms with Crippen molar-refractivity contribution in [1.29, 1.82) is 0 Å². The fraction of sp³-hybridized carbons (Fsp3) is 0.750. The third kappa shape index (κ3) is 5.84. The number of hydrogen-bond donors (Lipinski definition) is 2. The number of amides is 1. The van der Waals surface area contributed by atoms with Crippen molar-refractivity contribution < 1.29 is 14.3 Å². The van der Waals surface area contributed by atoms with Crippen LogP contribution in [0.4, 0.5) is 10.6 Å². The van der Waals surface area contributed by atoms with E-state index in [4.69, 9.17) is 9.47 Å². The summed E-state index contributed by atoms with van der Waals surface area (Å²) in [4.78, 5) is 12.0. The van der Waals surface area contributed by atoms with Crippen molar-refractivity contribution in [3.05, 3.63) is 11.8 Å². The number of nitrogens with one attached hydrogen (secondary N) is 2. The van der Waals surface area contributed by atoms with Crippen molar-refractivity contribution in [2.45, 2.75) is 58.2 Å². The molecule has 1 aromatic heterocycles. The number of carbonyl (C=O) groups is 1. The van der Waals surface area contributed by atoms with Gasteiger partial charge >= 0.3 is 6.09 Å². The highest BCUT2D eigenvalue weighted by Gasteiger charge is 2.19. The number of hydrogen-bond acceptors (Lipinski definition) is 5. The normalized spacial score (nSPS) is 19.2. The van der Waals surface area contributed by atoms with Gasteiger partial charge in [-0.1, -0.05) is 0 Å². The minimum absolute atomic E-state index is 0.437. The van der Waals surface area contributed by atoms with Crippen LogP contribution in [0.3, 0.4) is 0 Å². The zero-order valence-corrected chi connectivity index (χ0v) is 14.5. The van der Waals surface area contributed by atoms with Crippen LogP contribution in [0.15, 0.2) is 6.20 Å². The summed E-state index contributed by atoms with van der Waals surface area (Å²) in [5, 5.41) is 10.5. The summed E-state index contributed by atoms with van der Waals surface area (Å²) in [6.45, 7) is 7.82. The van der Waals surface area contributed by atoms with Gasteiger partial charge in [0.1, 0.15) is 11.4 Å². The zero-order chi connectivity index (χ0) is 16.9. The monoisotopic (exact) mass is 324 g/mol. The Kier molecular flexibility index (Phi) is 6.01. The van der Waals surface area contributed by atoms with Crippen molar-refractivity contribution in [2.24, 2.45) is 7.05 Å². The highest BCUT2D eigenvalue weighted by molar-refractivity contribution is 5.84. The molecular weight excluding hydrogens is 296 g/mol. The third-order valence-corrected chi connectivity index (χ3v) is 3.67. The Hall–Kier alpha value is -1.60. The second-order valence-electron chi connectivity index (χ2n) is 6.89. The SMILES string of the molecule is Cn1ncc(CNC2CCCOCC2)c1NC(=O)OC(C)(C)C. The summed E-state index contributed by atoms with van der Waals surface area (Å²) < 4.78 is 12.4. The Morgan fingerprint density at radius 3 is 2.96 bits per heavy atom. The molecule has 0 saturated carbocycles. The lowest BCUT2D eigenvalue weighted by molar-refractivity contribution is 0.0634. The number of rotatable bonds is 4. The van der Waals surface area contributed by atoms with Gasteiger partial charge in [-0.05, 0) is 40.0 Å². The maximum Gasteiger partial charge on any atom is 0.413 e. The number of anilines is 1. The Morgan fingerprint density at radius 2 is 2.22 bits per heavy atom. The molecule has 1 amide bonds. The first-order valence-electron chi connectivity index (χ1n) is 8.17. The van der Waals surface area contributed by atoms with E-state index in [0.717, 1.165) is 38.0 Å². The molecular formula is C16H28N4O3. The Labute approximate surface area is 137 Å². The largest absolute Gasteiger partial charge is 0.444 e. The van der Waals surface area contributed by atoms with Crippen molar-refractivity contribution in [1.82, 2.24) is 15.1 Å². The Bertz CT molecular complexity index is 514. The summed E-state index contributed by atoms with van der Waals surface area (Å²) in [5.74, 6) is 0.664. The predicted octanol–water partition coefficient (Wildman–Crippen LogP) is 2.43. The molecule has 0 bridgehead atoms. The predicted molar refractivity (Wildman–Crippen MR) is 88.4 cm³/mol. The number of aromatic nitrogens is 2. The average molecular weight is 324 g/mol. The van der Waals surface area contributed by atoms with Crippen LogP contribution in [0.1, 0.15) is 45.6 Å². The minimum atomic E-state index is -0.526. The molecule has 7 nitrogen and oxygen atoms in total. The second kappa shape index (κ2) is 7.79. The van der Waals surface area contributed by atoms with Gasteiger partial charge in [0.05, 0.1) is 6.20 Å². The Balaban J connectivity index is 1.93. The first-order valence-corrected chi connectivity index (χ1v) is 8.17. The molecule has 1 aliphatic rings. The number of carbonyl (C=O) groups excluding carboxylic acids is 1. The molecule has 2 rings (SSSR count). The van der Waals surface area contributed by atoms with Crippen LogP contribution >= 0.6 is 0 Å². The van der Waals surface area contributed by atoms with Crippen LogP contribution in [0.25, 0.3) is 0 Å². The van der Waals surface area contributed by atoms with Gasteiger partial charge in [0, 0.05) is 38.4 Å². The smallest absolute Gasteiger partial charge is 0.413 e. The molecule has 1 unspecified atom stereocenters. The summed E-state index contributed by atoms with van der Waals surface area (Å²) in [7, 11) is 1.80. The van der Waals surface area contributed by atoms with Crippen molar-refractivity contribution >= 4 is 11.9 Å². The van der Waals surface area contributed by atoms with E-state index < -0.39 is 11.7 Å². The van der Waals surface area contributed by atoms with Crippen LogP contribution in [-0.4, -0.2) is 40.7 Å². The maximum atomic E-state index is 12.0. The van der Waals surface area contributed by atoms with Crippen molar-refractivity contribution in [3.8, 4) is 0 Å². The lowest BCUT2D eigenvalue weighted by Gasteiger charge is -2.20. The van der Waals surface area contributed by atoms with Gasteiger partial charge in [0.2, 0.25) is 0 Å². The van der Waals surface area contributed by atoms with Crippen LogP contribution in [0.2, 0.25) is 0 Å². The van der Waals surface area contributed by atoms with Crippen LogP contribution in [-0.2, 0) is 23.1 Å². The van der Waals surface area contributed by atoms with Gasteiger partial charge in [-0.3, -0.25) is 10.00 Å². The number of ether oxygens (including phenoxy) is 2. The molecule has 1 aliphatic heterocycles. The molecule has 1 fully saturated rings. The molecule has 0 radical (unpaired) electrons. The number of nitrogens with zero attached hydrogens (tertiary/aromatic N) is 2. The van der Waals surface area contributed by atoms with Crippen LogP contribution in [0.5, 0.6) is 0 Å². The molecule has 1 aromatic rings. The lowest BCUT2D eigenvalue weighted by Crippen LogP contribution is -2.30. The first-order chi connectivity index (χ1) is 10.8. The van der Waals surface area contributed by atoms with E-state index in [1.54, 1.807) is 17.9 Å². The Morgan fingerprint density at radius 1 is 1.43 bits per heavy atom. The van der Waals surface area contributed by atoms with E-state index in [-0.39, 0.29) is 0 Å². The summed E-state index contributed by atoms with van der Waals surface area (Å²) in [5.41, 5.74) is 0.421. The average Bonchev–Trinajstić information content (AvgIpc) is 2.66. The molecule has 0 aliphatic carbocycles. The molecule has 0 spiro atoms. The highest BCUT2D eigenvalue weighted by Crippen LogP contribution is 2.17. The van der Waals surface area contributed by atoms with Crippen molar-refractivity contribution in [3.63, 3.8) is 0 Å². The quantitative estimate of drug-likeness (QED) is 0.889. The summed E-state index contributed by atoms with van der Waals surface area (Å²) in [6, 6.07) is 0.437. The number of aryl methyl sites for hydroxylation is 1. The van der Waals surface area contributed by atoms with Crippen molar-refractivity contribution in [2.75, 3.05) is 18.5 Å². The minimum Gasteiger partial charge on any atom is -0.444 e. The topological polar surface area (TPSA) is 77.4 Å². The molecule has 1 saturated heterocycles. The van der Waals surface area contributed by atoms with E-state index in [1.165, 1.54) is 0 Å².